The number of anilines is 2. The van der Waals surface area contributed by atoms with Crippen molar-refractivity contribution in [2.75, 3.05) is 36.0 Å². The molecule has 1 atom stereocenters. The summed E-state index contributed by atoms with van der Waals surface area (Å²) in [6.07, 6.45) is 8.10. The molecule has 3 rings (SSSR count). The van der Waals surface area contributed by atoms with Crippen molar-refractivity contribution >= 4 is 23.2 Å². The third-order valence-corrected chi connectivity index (χ3v) is 5.97. The van der Waals surface area contributed by atoms with E-state index in [0.717, 1.165) is 44.6 Å². The first-order valence-electron chi connectivity index (χ1n) is 10.5. The van der Waals surface area contributed by atoms with Crippen LogP contribution in [0.25, 0.3) is 0 Å². The van der Waals surface area contributed by atoms with Crippen LogP contribution in [0, 0.1) is 0 Å². The van der Waals surface area contributed by atoms with Crippen molar-refractivity contribution in [2.45, 2.75) is 64.8 Å². The van der Waals surface area contributed by atoms with Crippen molar-refractivity contribution in [3.63, 3.8) is 0 Å². The maximum Gasteiger partial charge on any atom is 0.242 e. The van der Waals surface area contributed by atoms with E-state index in [1.165, 1.54) is 31.4 Å². The van der Waals surface area contributed by atoms with Crippen LogP contribution < -0.4 is 9.80 Å². The number of carbonyl (C=O) groups excluding carboxylic acids is 2. The number of hydrogen-bond donors (Lipinski definition) is 0. The Hall–Kier alpha value is -2.04. The minimum Gasteiger partial charge on any atom is -0.372 e. The van der Waals surface area contributed by atoms with E-state index in [0.29, 0.717) is 6.04 Å². The molecule has 0 spiro atoms. The van der Waals surface area contributed by atoms with Crippen molar-refractivity contribution in [1.29, 1.82) is 0 Å². The standard InChI is InChI=1S/C22H33N3O2/c1-3-19-9-5-8-16-24(19)22(27)17-25(18(2)26)21-12-10-20(11-13-21)23-14-6-4-7-15-23/h10-13,19H,3-9,14-17H2,1-2H3. The number of rotatable bonds is 5. The molecule has 27 heavy (non-hydrogen) atoms. The van der Waals surface area contributed by atoms with Crippen LogP contribution in [-0.4, -0.2) is 48.9 Å². The highest BCUT2D eigenvalue weighted by molar-refractivity contribution is 5.97. The van der Waals surface area contributed by atoms with Crippen molar-refractivity contribution < 1.29 is 9.59 Å². The lowest BCUT2D eigenvalue weighted by molar-refractivity contribution is -0.134. The minimum atomic E-state index is -0.0841. The van der Waals surface area contributed by atoms with E-state index in [2.05, 4.69) is 24.0 Å². The highest BCUT2D eigenvalue weighted by Gasteiger charge is 2.27. The molecule has 2 fully saturated rings. The highest BCUT2D eigenvalue weighted by Crippen LogP contribution is 2.25. The van der Waals surface area contributed by atoms with Crippen LogP contribution >= 0.6 is 0 Å². The summed E-state index contributed by atoms with van der Waals surface area (Å²) >= 11 is 0. The average molecular weight is 372 g/mol. The topological polar surface area (TPSA) is 43.9 Å². The van der Waals surface area contributed by atoms with E-state index in [4.69, 9.17) is 0 Å². The number of amides is 2. The van der Waals surface area contributed by atoms with Crippen LogP contribution in [0.15, 0.2) is 24.3 Å². The molecule has 0 N–H and O–H groups in total. The Morgan fingerprint density at radius 3 is 2.30 bits per heavy atom. The molecular formula is C22H33N3O2. The lowest BCUT2D eigenvalue weighted by Gasteiger charge is -2.36. The van der Waals surface area contributed by atoms with Gasteiger partial charge in [0, 0.05) is 44.0 Å². The first kappa shape index (κ1) is 19.7. The third-order valence-electron chi connectivity index (χ3n) is 5.97. The van der Waals surface area contributed by atoms with Crippen LogP contribution in [0.2, 0.25) is 0 Å². The Kier molecular flexibility index (Phi) is 6.75. The molecule has 5 heteroatoms. The van der Waals surface area contributed by atoms with E-state index >= 15 is 0 Å². The normalized spacial score (nSPS) is 20.4. The largest absolute Gasteiger partial charge is 0.372 e. The summed E-state index contributed by atoms with van der Waals surface area (Å²) in [7, 11) is 0. The second-order valence-electron chi connectivity index (χ2n) is 7.81. The van der Waals surface area contributed by atoms with Gasteiger partial charge in [-0.2, -0.15) is 0 Å². The molecule has 0 aliphatic carbocycles. The first-order valence-corrected chi connectivity index (χ1v) is 10.5. The molecule has 0 radical (unpaired) electrons. The van der Waals surface area contributed by atoms with E-state index in [1.807, 2.05) is 17.0 Å². The zero-order chi connectivity index (χ0) is 19.2. The number of carbonyl (C=O) groups is 2. The third kappa shape index (κ3) is 4.82. The molecule has 0 bridgehead atoms. The Labute approximate surface area is 163 Å². The number of piperidine rings is 2. The van der Waals surface area contributed by atoms with Crippen LogP contribution in [0.4, 0.5) is 11.4 Å². The molecule has 1 aromatic rings. The van der Waals surface area contributed by atoms with Crippen LogP contribution in [0.1, 0.15) is 58.8 Å². The summed E-state index contributed by atoms with van der Waals surface area (Å²) < 4.78 is 0. The molecule has 2 heterocycles. The highest BCUT2D eigenvalue weighted by atomic mass is 16.2. The maximum absolute atomic E-state index is 12.9. The molecule has 2 aliphatic heterocycles. The van der Waals surface area contributed by atoms with Crippen LogP contribution in [0.5, 0.6) is 0 Å². The Balaban J connectivity index is 1.69. The zero-order valence-corrected chi connectivity index (χ0v) is 16.8. The number of benzene rings is 1. The summed E-state index contributed by atoms with van der Waals surface area (Å²) in [5.74, 6) is -0.0176. The van der Waals surface area contributed by atoms with Gasteiger partial charge in [-0.25, -0.2) is 0 Å². The van der Waals surface area contributed by atoms with Gasteiger partial charge in [0.05, 0.1) is 0 Å². The molecule has 1 unspecified atom stereocenters. The maximum atomic E-state index is 12.9. The molecule has 1 aromatic carbocycles. The van der Waals surface area contributed by atoms with Gasteiger partial charge < -0.3 is 14.7 Å². The van der Waals surface area contributed by atoms with E-state index < -0.39 is 0 Å². The summed E-state index contributed by atoms with van der Waals surface area (Å²) in [5.41, 5.74) is 2.01. The van der Waals surface area contributed by atoms with E-state index in [9.17, 15) is 9.59 Å². The second-order valence-corrected chi connectivity index (χ2v) is 7.81. The van der Waals surface area contributed by atoms with Crippen molar-refractivity contribution in [3.05, 3.63) is 24.3 Å². The predicted molar refractivity (Wildman–Crippen MR) is 110 cm³/mol. The van der Waals surface area contributed by atoms with Gasteiger partial charge in [-0.15, -0.1) is 0 Å². The average Bonchev–Trinajstić information content (AvgIpc) is 2.72. The Morgan fingerprint density at radius 1 is 1.00 bits per heavy atom. The van der Waals surface area contributed by atoms with Gasteiger partial charge in [-0.1, -0.05) is 6.92 Å². The molecule has 5 nitrogen and oxygen atoms in total. The Bertz CT molecular complexity index is 637. The van der Waals surface area contributed by atoms with Crippen molar-refractivity contribution in [2.24, 2.45) is 0 Å². The molecule has 0 saturated carbocycles. The molecular weight excluding hydrogens is 338 g/mol. The lowest BCUT2D eigenvalue weighted by Crippen LogP contribution is -2.48. The van der Waals surface area contributed by atoms with Gasteiger partial charge >= 0.3 is 0 Å². The van der Waals surface area contributed by atoms with Gasteiger partial charge in [-0.05, 0) is 69.2 Å². The summed E-state index contributed by atoms with van der Waals surface area (Å²) in [5, 5.41) is 0. The van der Waals surface area contributed by atoms with E-state index in [-0.39, 0.29) is 18.4 Å². The van der Waals surface area contributed by atoms with Crippen molar-refractivity contribution in [1.82, 2.24) is 4.90 Å². The van der Waals surface area contributed by atoms with E-state index in [1.54, 1.807) is 11.8 Å². The zero-order valence-electron chi connectivity index (χ0n) is 16.8. The summed E-state index contributed by atoms with van der Waals surface area (Å²) in [6, 6.07) is 8.44. The lowest BCUT2D eigenvalue weighted by atomic mass is 10.00. The Morgan fingerprint density at radius 2 is 1.67 bits per heavy atom. The second kappa shape index (κ2) is 9.25. The number of nitrogens with zero attached hydrogens (tertiary/aromatic N) is 3. The molecule has 148 valence electrons. The molecule has 2 saturated heterocycles. The van der Waals surface area contributed by atoms with Crippen LogP contribution in [0.3, 0.4) is 0 Å². The predicted octanol–water partition coefficient (Wildman–Crippen LogP) is 3.82. The quantitative estimate of drug-likeness (QED) is 0.790. The molecule has 2 amide bonds. The van der Waals surface area contributed by atoms with Crippen LogP contribution in [-0.2, 0) is 9.59 Å². The van der Waals surface area contributed by atoms with Gasteiger partial charge in [0.15, 0.2) is 0 Å². The van der Waals surface area contributed by atoms with Gasteiger partial charge in [0.25, 0.3) is 0 Å². The number of hydrogen-bond acceptors (Lipinski definition) is 3. The van der Waals surface area contributed by atoms with Gasteiger partial charge in [0.1, 0.15) is 6.54 Å². The summed E-state index contributed by atoms with van der Waals surface area (Å²) in [4.78, 5) is 31.1. The van der Waals surface area contributed by atoms with Crippen molar-refractivity contribution in [3.8, 4) is 0 Å². The fourth-order valence-corrected chi connectivity index (χ4v) is 4.36. The fourth-order valence-electron chi connectivity index (χ4n) is 4.36. The van der Waals surface area contributed by atoms with Gasteiger partial charge in [-0.3, -0.25) is 9.59 Å². The molecule has 0 aromatic heterocycles. The fraction of sp³-hybridized carbons (Fsp3) is 0.636. The first-order chi connectivity index (χ1) is 13.1. The summed E-state index contributed by atoms with van der Waals surface area (Å²) in [6.45, 7) is 6.83. The van der Waals surface area contributed by atoms with Gasteiger partial charge in [0.2, 0.25) is 11.8 Å². The minimum absolute atomic E-state index is 0.0665. The SMILES string of the molecule is CCC1CCCCN1C(=O)CN(C(C)=O)c1ccc(N2CCCCC2)cc1. The smallest absolute Gasteiger partial charge is 0.242 e. The molecule has 2 aliphatic rings. The number of likely N-dealkylation sites (tertiary alicyclic amines) is 1. The monoisotopic (exact) mass is 371 g/mol.